The van der Waals surface area contributed by atoms with Crippen molar-refractivity contribution in [3.8, 4) is 0 Å². The molecule has 2 aromatic rings. The summed E-state index contributed by atoms with van der Waals surface area (Å²) >= 11 is 0. The highest BCUT2D eigenvalue weighted by Crippen LogP contribution is 2.27. The van der Waals surface area contributed by atoms with Gasteiger partial charge in [0.05, 0.1) is 12.1 Å². The molecule has 25 heavy (non-hydrogen) atoms. The molecule has 0 spiro atoms. The van der Waals surface area contributed by atoms with Crippen LogP contribution in [0, 0.1) is 0 Å². The van der Waals surface area contributed by atoms with Crippen LogP contribution < -0.4 is 5.32 Å². The Hall–Kier alpha value is -2.04. The van der Waals surface area contributed by atoms with Crippen molar-refractivity contribution in [3.05, 3.63) is 71.8 Å². The van der Waals surface area contributed by atoms with Gasteiger partial charge in [0.15, 0.2) is 0 Å². The minimum Gasteiger partial charge on any atom is -0.447 e. The van der Waals surface area contributed by atoms with Gasteiger partial charge in [0.1, 0.15) is 6.61 Å². The maximum atomic E-state index is 12.2. The van der Waals surface area contributed by atoms with Gasteiger partial charge in [0, 0.05) is 12.6 Å². The summed E-state index contributed by atoms with van der Waals surface area (Å²) in [4.78, 5) is 14.0. The quantitative estimate of drug-likeness (QED) is 0.833. The summed E-state index contributed by atoms with van der Waals surface area (Å²) < 4.78 is 5.31. The lowest BCUT2D eigenvalue weighted by Crippen LogP contribution is -2.42. The van der Waals surface area contributed by atoms with Gasteiger partial charge in [-0.1, -0.05) is 60.7 Å². The van der Waals surface area contributed by atoms with Gasteiger partial charge in [0.2, 0.25) is 0 Å². The normalized spacial score (nSPS) is 19.0. The number of hydrogen-bond acceptors (Lipinski definition) is 3. The number of cyclic esters (lactones) is 1. The predicted molar refractivity (Wildman–Crippen MR) is 102 cm³/mol. The molecule has 3 atom stereocenters. The smallest absolute Gasteiger partial charge is 0.410 e. The first-order valence-electron chi connectivity index (χ1n) is 8.45. The highest BCUT2D eigenvalue weighted by atomic mass is 35.5. The van der Waals surface area contributed by atoms with Gasteiger partial charge >= 0.3 is 6.09 Å². The highest BCUT2D eigenvalue weighted by Gasteiger charge is 2.36. The van der Waals surface area contributed by atoms with Crippen molar-refractivity contribution in [3.63, 3.8) is 0 Å². The minimum atomic E-state index is -0.231. The zero-order valence-electron chi connectivity index (χ0n) is 14.6. The Morgan fingerprint density at radius 2 is 1.60 bits per heavy atom. The van der Waals surface area contributed by atoms with Crippen LogP contribution in [-0.2, 0) is 4.74 Å². The van der Waals surface area contributed by atoms with Crippen molar-refractivity contribution < 1.29 is 9.53 Å². The molecule has 0 radical (unpaired) electrons. The average molecular weight is 361 g/mol. The summed E-state index contributed by atoms with van der Waals surface area (Å²) in [6.07, 6.45) is -0.231. The van der Waals surface area contributed by atoms with E-state index >= 15 is 0 Å². The second kappa shape index (κ2) is 8.88. The van der Waals surface area contributed by atoms with Crippen LogP contribution >= 0.6 is 12.4 Å². The van der Waals surface area contributed by atoms with E-state index in [0.29, 0.717) is 13.2 Å². The van der Waals surface area contributed by atoms with Crippen LogP contribution in [0.3, 0.4) is 0 Å². The Morgan fingerprint density at radius 1 is 1.04 bits per heavy atom. The summed E-state index contributed by atoms with van der Waals surface area (Å²) in [5.74, 6) is 0. The van der Waals surface area contributed by atoms with Gasteiger partial charge in [-0.2, -0.15) is 0 Å². The number of benzene rings is 2. The summed E-state index contributed by atoms with van der Waals surface area (Å²) in [5, 5.41) is 3.52. The van der Waals surface area contributed by atoms with E-state index in [1.165, 1.54) is 5.56 Å². The number of ether oxygens (including phenoxy) is 1. The second-order valence-corrected chi connectivity index (χ2v) is 6.27. The highest BCUT2D eigenvalue weighted by molar-refractivity contribution is 5.85. The Bertz CT molecular complexity index is 666. The molecule has 4 nitrogen and oxygen atoms in total. The number of halogens is 1. The number of carbonyl (C=O) groups is 1. The van der Waals surface area contributed by atoms with Crippen LogP contribution in [0.15, 0.2) is 60.7 Å². The summed E-state index contributed by atoms with van der Waals surface area (Å²) in [6.45, 7) is 5.33. The molecule has 0 aliphatic carbocycles. The molecular weight excluding hydrogens is 336 g/mol. The maximum Gasteiger partial charge on any atom is 0.410 e. The number of amides is 1. The molecule has 1 heterocycles. The molecule has 0 saturated carbocycles. The Balaban J connectivity index is 0.00000225. The van der Waals surface area contributed by atoms with Crippen LogP contribution in [0.4, 0.5) is 4.79 Å². The van der Waals surface area contributed by atoms with Crippen molar-refractivity contribution in [2.24, 2.45) is 0 Å². The number of nitrogens with one attached hydrogen (secondary N) is 1. The van der Waals surface area contributed by atoms with Crippen molar-refractivity contribution in [1.82, 2.24) is 10.2 Å². The van der Waals surface area contributed by atoms with Crippen LogP contribution in [0.5, 0.6) is 0 Å². The fourth-order valence-corrected chi connectivity index (χ4v) is 3.17. The monoisotopic (exact) mass is 360 g/mol. The molecule has 1 fully saturated rings. The second-order valence-electron chi connectivity index (χ2n) is 6.27. The molecule has 1 amide bonds. The third-order valence-corrected chi connectivity index (χ3v) is 4.66. The molecule has 1 saturated heterocycles. The van der Waals surface area contributed by atoms with Crippen molar-refractivity contribution in [2.45, 2.75) is 32.0 Å². The van der Waals surface area contributed by atoms with Gasteiger partial charge in [0.25, 0.3) is 0 Å². The van der Waals surface area contributed by atoms with Crippen molar-refractivity contribution in [2.75, 3.05) is 13.2 Å². The maximum absolute atomic E-state index is 12.2. The van der Waals surface area contributed by atoms with Crippen LogP contribution in [0.25, 0.3) is 0 Å². The molecule has 3 rings (SSSR count). The van der Waals surface area contributed by atoms with E-state index in [4.69, 9.17) is 4.74 Å². The topological polar surface area (TPSA) is 41.6 Å². The molecule has 0 aromatic heterocycles. The Labute approximate surface area is 155 Å². The van der Waals surface area contributed by atoms with Crippen molar-refractivity contribution in [1.29, 1.82) is 0 Å². The van der Waals surface area contributed by atoms with Crippen molar-refractivity contribution >= 4 is 18.5 Å². The van der Waals surface area contributed by atoms with E-state index in [0.717, 1.165) is 5.56 Å². The fourth-order valence-electron chi connectivity index (χ4n) is 3.17. The lowest BCUT2D eigenvalue weighted by molar-refractivity contribution is 0.146. The third kappa shape index (κ3) is 4.53. The average Bonchev–Trinajstić information content (AvgIpc) is 3.01. The number of nitrogens with zero attached hydrogens (tertiary/aromatic N) is 1. The van der Waals surface area contributed by atoms with E-state index in [1.807, 2.05) is 53.4 Å². The van der Waals surface area contributed by atoms with Gasteiger partial charge < -0.3 is 10.1 Å². The van der Waals surface area contributed by atoms with Crippen LogP contribution in [0.1, 0.15) is 37.1 Å². The third-order valence-electron chi connectivity index (χ3n) is 4.66. The molecule has 1 N–H and O–H groups in total. The van der Waals surface area contributed by atoms with Gasteiger partial charge in [-0.05, 0) is 25.0 Å². The molecule has 1 aliphatic rings. The van der Waals surface area contributed by atoms with Crippen LogP contribution in [0.2, 0.25) is 0 Å². The molecule has 1 aliphatic heterocycles. The predicted octanol–water partition coefficient (Wildman–Crippen LogP) is 4.34. The molecule has 134 valence electrons. The van der Waals surface area contributed by atoms with Crippen LogP contribution in [-0.4, -0.2) is 30.2 Å². The number of carbonyl (C=O) groups excluding carboxylic acids is 1. The van der Waals surface area contributed by atoms with Gasteiger partial charge in [-0.25, -0.2) is 4.79 Å². The largest absolute Gasteiger partial charge is 0.447 e. The zero-order valence-corrected chi connectivity index (χ0v) is 15.4. The number of rotatable bonds is 6. The van der Waals surface area contributed by atoms with Gasteiger partial charge in [-0.3, -0.25) is 4.90 Å². The number of hydrogen-bond donors (Lipinski definition) is 1. The minimum absolute atomic E-state index is 0. The van der Waals surface area contributed by atoms with E-state index in [9.17, 15) is 4.79 Å². The standard InChI is InChI=1S/C20H24N2O2.ClH/c1-15(17-9-5-3-6-10-17)21-13-19-14-24-20(23)22(19)16(2)18-11-7-4-8-12-18;/h3-12,15-16,19,21H,13-14H2,1-2H3;1H/t15-,16-,19?;/m0./s1. The first-order chi connectivity index (χ1) is 11.7. The Kier molecular flexibility index (Phi) is 6.85. The molecule has 0 bridgehead atoms. The SMILES string of the molecule is C[C@H](NCC1COC(=O)N1[C@@H](C)c1ccccc1)c1ccccc1.Cl. The van der Waals surface area contributed by atoms with E-state index in [-0.39, 0.29) is 36.6 Å². The zero-order chi connectivity index (χ0) is 16.9. The summed E-state index contributed by atoms with van der Waals surface area (Å²) in [7, 11) is 0. The van der Waals surface area contributed by atoms with E-state index in [1.54, 1.807) is 0 Å². The molecule has 5 heteroatoms. The lowest BCUT2D eigenvalue weighted by Gasteiger charge is -2.29. The van der Waals surface area contributed by atoms with E-state index in [2.05, 4.69) is 31.3 Å². The summed E-state index contributed by atoms with van der Waals surface area (Å²) in [6, 6.07) is 20.7. The van der Waals surface area contributed by atoms with Gasteiger partial charge in [-0.15, -0.1) is 12.4 Å². The fraction of sp³-hybridized carbons (Fsp3) is 0.350. The summed E-state index contributed by atoms with van der Waals surface area (Å²) in [5.41, 5.74) is 2.36. The lowest BCUT2D eigenvalue weighted by atomic mass is 10.1. The molecule has 2 aromatic carbocycles. The first kappa shape index (κ1) is 19.3. The molecule has 1 unspecified atom stereocenters. The van der Waals surface area contributed by atoms with E-state index < -0.39 is 0 Å². The Morgan fingerprint density at radius 3 is 2.20 bits per heavy atom. The molecular formula is C20H25ClN2O2. The first-order valence-corrected chi connectivity index (χ1v) is 8.45.